The van der Waals surface area contributed by atoms with Crippen LogP contribution in [0.1, 0.15) is 23.5 Å². The molecule has 1 saturated heterocycles. The van der Waals surface area contributed by atoms with Gasteiger partial charge in [-0.05, 0) is 60.7 Å². The Labute approximate surface area is 201 Å². The van der Waals surface area contributed by atoms with E-state index in [0.29, 0.717) is 22.4 Å². The number of methoxy groups -OCH3 is 1. The molecule has 34 heavy (non-hydrogen) atoms. The molecule has 1 aliphatic heterocycles. The SMILES string of the molecule is COc1ccccc1N1C(=S)NC(c2ccccn2)C1c1ccc(-c2ccc([N+](=O)[O-])cc2)o1. The van der Waals surface area contributed by atoms with Crippen LogP contribution in [0.5, 0.6) is 5.75 Å². The van der Waals surface area contributed by atoms with Crippen molar-refractivity contribution in [3.63, 3.8) is 0 Å². The van der Waals surface area contributed by atoms with E-state index >= 15 is 0 Å². The van der Waals surface area contributed by atoms with E-state index in [1.807, 2.05) is 59.5 Å². The Kier molecular flexibility index (Phi) is 5.69. The second kappa shape index (κ2) is 8.95. The number of thiocarbonyl (C=S) groups is 1. The molecule has 0 spiro atoms. The van der Waals surface area contributed by atoms with Crippen LogP contribution < -0.4 is 15.0 Å². The molecule has 4 aromatic rings. The third-order valence-corrected chi connectivity index (χ3v) is 6.04. The Hall–Kier alpha value is -4.24. The summed E-state index contributed by atoms with van der Waals surface area (Å²) in [5, 5.41) is 14.9. The van der Waals surface area contributed by atoms with Crippen LogP contribution in [-0.4, -0.2) is 22.1 Å². The maximum Gasteiger partial charge on any atom is 0.269 e. The van der Waals surface area contributed by atoms with Crippen LogP contribution in [0.4, 0.5) is 11.4 Å². The van der Waals surface area contributed by atoms with E-state index in [1.54, 1.807) is 25.4 Å². The molecule has 9 heteroatoms. The second-order valence-electron chi connectivity index (χ2n) is 7.67. The lowest BCUT2D eigenvalue weighted by molar-refractivity contribution is -0.384. The quantitative estimate of drug-likeness (QED) is 0.225. The van der Waals surface area contributed by atoms with Gasteiger partial charge in [-0.25, -0.2) is 0 Å². The third-order valence-electron chi connectivity index (χ3n) is 5.72. The van der Waals surface area contributed by atoms with Crippen molar-refractivity contribution in [2.24, 2.45) is 0 Å². The van der Waals surface area contributed by atoms with E-state index in [2.05, 4.69) is 10.3 Å². The van der Waals surface area contributed by atoms with Crippen molar-refractivity contribution in [2.45, 2.75) is 12.1 Å². The minimum atomic E-state index is -0.426. The maximum atomic E-state index is 11.0. The van der Waals surface area contributed by atoms with E-state index < -0.39 is 4.92 Å². The Morgan fingerprint density at radius 2 is 1.82 bits per heavy atom. The topological polar surface area (TPSA) is 93.7 Å². The Morgan fingerprint density at radius 3 is 2.53 bits per heavy atom. The maximum absolute atomic E-state index is 11.0. The van der Waals surface area contributed by atoms with Gasteiger partial charge in [0.1, 0.15) is 23.3 Å². The number of aromatic nitrogens is 1. The van der Waals surface area contributed by atoms with Crippen LogP contribution in [0.3, 0.4) is 0 Å². The summed E-state index contributed by atoms with van der Waals surface area (Å²) >= 11 is 5.75. The zero-order valence-corrected chi connectivity index (χ0v) is 18.9. The van der Waals surface area contributed by atoms with Gasteiger partial charge in [-0.15, -0.1) is 0 Å². The molecule has 2 unspecified atom stereocenters. The number of pyridine rings is 1. The van der Waals surface area contributed by atoms with Gasteiger partial charge in [0.05, 0.1) is 29.5 Å². The number of rotatable bonds is 6. The first kappa shape index (κ1) is 21.6. The van der Waals surface area contributed by atoms with Crippen molar-refractivity contribution < 1.29 is 14.1 Å². The number of nitrogens with zero attached hydrogens (tertiary/aromatic N) is 3. The molecule has 0 bridgehead atoms. The molecule has 2 aromatic carbocycles. The van der Waals surface area contributed by atoms with Gasteiger partial charge in [-0.2, -0.15) is 0 Å². The number of furan rings is 1. The number of nitro benzene ring substituents is 1. The average molecular weight is 473 g/mol. The zero-order valence-electron chi connectivity index (χ0n) is 18.1. The fourth-order valence-electron chi connectivity index (χ4n) is 4.15. The van der Waals surface area contributed by atoms with Crippen LogP contribution in [0.2, 0.25) is 0 Å². The van der Waals surface area contributed by atoms with E-state index in [4.69, 9.17) is 21.4 Å². The fourth-order valence-corrected chi connectivity index (χ4v) is 4.49. The lowest BCUT2D eigenvalue weighted by Crippen LogP contribution is -2.29. The normalized spacial score (nSPS) is 17.4. The summed E-state index contributed by atoms with van der Waals surface area (Å²) in [6.07, 6.45) is 1.74. The predicted molar refractivity (Wildman–Crippen MR) is 132 cm³/mol. The van der Waals surface area contributed by atoms with Gasteiger partial charge in [0.15, 0.2) is 5.11 Å². The van der Waals surface area contributed by atoms with Crippen molar-refractivity contribution in [3.8, 4) is 17.1 Å². The van der Waals surface area contributed by atoms with Crippen molar-refractivity contribution in [2.75, 3.05) is 12.0 Å². The fraction of sp³-hybridized carbons (Fsp3) is 0.120. The smallest absolute Gasteiger partial charge is 0.269 e. The molecule has 2 aromatic heterocycles. The van der Waals surface area contributed by atoms with E-state index in [0.717, 1.165) is 16.9 Å². The molecule has 0 radical (unpaired) electrons. The summed E-state index contributed by atoms with van der Waals surface area (Å²) in [7, 11) is 1.62. The second-order valence-corrected chi connectivity index (χ2v) is 8.06. The first-order chi connectivity index (χ1) is 16.6. The highest BCUT2D eigenvalue weighted by molar-refractivity contribution is 7.80. The lowest BCUT2D eigenvalue weighted by atomic mass is 10.0. The van der Waals surface area contributed by atoms with Crippen LogP contribution in [0, 0.1) is 10.1 Å². The average Bonchev–Trinajstić information content (AvgIpc) is 3.49. The van der Waals surface area contributed by atoms with Gasteiger partial charge in [0.25, 0.3) is 5.69 Å². The molecule has 170 valence electrons. The molecule has 5 rings (SSSR count). The number of para-hydroxylation sites is 2. The van der Waals surface area contributed by atoms with Crippen LogP contribution in [-0.2, 0) is 0 Å². The molecule has 0 aliphatic carbocycles. The molecule has 0 saturated carbocycles. The molecule has 8 nitrogen and oxygen atoms in total. The minimum absolute atomic E-state index is 0.0263. The summed E-state index contributed by atoms with van der Waals surface area (Å²) in [6.45, 7) is 0. The first-order valence-corrected chi connectivity index (χ1v) is 11.0. The van der Waals surface area contributed by atoms with Crippen LogP contribution in [0.15, 0.2) is 89.5 Å². The number of benzene rings is 2. The number of nitro groups is 1. The van der Waals surface area contributed by atoms with Crippen molar-refractivity contribution >= 4 is 28.7 Å². The lowest BCUT2D eigenvalue weighted by Gasteiger charge is -2.27. The third kappa shape index (κ3) is 3.86. The summed E-state index contributed by atoms with van der Waals surface area (Å²) in [6, 6.07) is 22.8. The molecule has 0 amide bonds. The molecular weight excluding hydrogens is 452 g/mol. The van der Waals surface area contributed by atoms with Gasteiger partial charge in [0.2, 0.25) is 0 Å². The summed E-state index contributed by atoms with van der Waals surface area (Å²) in [5.41, 5.74) is 2.39. The number of hydrogen-bond acceptors (Lipinski definition) is 6. The first-order valence-electron chi connectivity index (χ1n) is 10.5. The van der Waals surface area contributed by atoms with E-state index in [1.165, 1.54) is 12.1 Å². The molecule has 1 aliphatic rings. The predicted octanol–water partition coefficient (Wildman–Crippen LogP) is 5.44. The molecular formula is C25H20N4O4S. The highest BCUT2D eigenvalue weighted by Gasteiger charge is 2.43. The molecule has 2 atom stereocenters. The molecule has 1 fully saturated rings. The van der Waals surface area contributed by atoms with E-state index in [-0.39, 0.29) is 17.8 Å². The van der Waals surface area contributed by atoms with Crippen LogP contribution >= 0.6 is 12.2 Å². The van der Waals surface area contributed by atoms with Gasteiger partial charge in [0, 0.05) is 23.9 Å². The van der Waals surface area contributed by atoms with Gasteiger partial charge < -0.3 is 19.4 Å². The minimum Gasteiger partial charge on any atom is -0.495 e. The monoisotopic (exact) mass is 472 g/mol. The summed E-state index contributed by atoms with van der Waals surface area (Å²) in [4.78, 5) is 17.1. The van der Waals surface area contributed by atoms with Gasteiger partial charge >= 0.3 is 0 Å². The Bertz CT molecular complexity index is 1340. The zero-order chi connectivity index (χ0) is 23.7. The summed E-state index contributed by atoms with van der Waals surface area (Å²) in [5.74, 6) is 1.95. The highest BCUT2D eigenvalue weighted by atomic mass is 32.1. The van der Waals surface area contributed by atoms with E-state index in [9.17, 15) is 10.1 Å². The standard InChI is InChI=1S/C25H20N4O4S/c1-32-21-8-3-2-7-19(21)28-24(23(27-25(28)34)18-6-4-5-15-26-18)22-14-13-20(33-22)16-9-11-17(12-10-16)29(30)31/h2-15,23-24H,1H3,(H,27,34). The van der Waals surface area contributed by atoms with Gasteiger partial charge in [-0.1, -0.05) is 18.2 Å². The number of hydrogen-bond donors (Lipinski definition) is 1. The largest absolute Gasteiger partial charge is 0.495 e. The number of non-ortho nitro benzene ring substituents is 1. The Morgan fingerprint density at radius 1 is 1.06 bits per heavy atom. The van der Waals surface area contributed by atoms with Crippen molar-refractivity contribution in [1.82, 2.24) is 10.3 Å². The number of ether oxygens (including phenoxy) is 1. The van der Waals surface area contributed by atoms with Crippen LogP contribution in [0.25, 0.3) is 11.3 Å². The van der Waals surface area contributed by atoms with Crippen molar-refractivity contribution in [3.05, 3.63) is 107 Å². The highest BCUT2D eigenvalue weighted by Crippen LogP contribution is 2.45. The Balaban J connectivity index is 1.59. The van der Waals surface area contributed by atoms with Crippen molar-refractivity contribution in [1.29, 1.82) is 0 Å². The molecule has 3 heterocycles. The molecule has 1 N–H and O–H groups in total. The number of anilines is 1. The van der Waals surface area contributed by atoms with Gasteiger partial charge in [-0.3, -0.25) is 15.1 Å². The number of nitrogens with one attached hydrogen (secondary N) is 1. The summed E-state index contributed by atoms with van der Waals surface area (Å²) < 4.78 is 11.9.